The highest BCUT2D eigenvalue weighted by atomic mass is 16.1. The molecule has 0 saturated heterocycles. The van der Waals surface area contributed by atoms with Crippen molar-refractivity contribution < 1.29 is 4.79 Å². The minimum absolute atomic E-state index is 0.116. The second kappa shape index (κ2) is 1.34. The summed E-state index contributed by atoms with van der Waals surface area (Å²) < 4.78 is 0. The average Bonchev–Trinajstić information content (AvgIpc) is 2.22. The van der Waals surface area contributed by atoms with E-state index in [0.717, 1.165) is 0 Å². The van der Waals surface area contributed by atoms with Crippen molar-refractivity contribution in [1.29, 1.82) is 5.26 Å². The molecule has 0 aromatic heterocycles. The van der Waals surface area contributed by atoms with Gasteiger partial charge in [0, 0.05) is 18.8 Å². The fourth-order valence-corrected chi connectivity index (χ4v) is 0.480. The Morgan fingerprint density at radius 2 is 2.57 bits per heavy atom. The van der Waals surface area contributed by atoms with Crippen LogP contribution in [0.15, 0.2) is 0 Å². The topological polar surface area (TPSA) is 40.9 Å². The van der Waals surface area contributed by atoms with Gasteiger partial charge in [0.2, 0.25) is 0 Å². The Bertz CT molecular complexity index is 134. The van der Waals surface area contributed by atoms with Crippen LogP contribution in [0.5, 0.6) is 0 Å². The zero-order chi connectivity index (χ0) is 5.28. The Kier molecular flexibility index (Phi) is 0.828. The molecule has 36 valence electrons. The molecule has 0 bridgehead atoms. The summed E-state index contributed by atoms with van der Waals surface area (Å²) in [7, 11) is 0. The number of carbonyl (C=O) groups is 1. The minimum Gasteiger partial charge on any atom is -0.299 e. The first kappa shape index (κ1) is 4.32. The van der Waals surface area contributed by atoms with Gasteiger partial charge in [-0.1, -0.05) is 0 Å². The molecule has 1 fully saturated rings. The van der Waals surface area contributed by atoms with E-state index >= 15 is 0 Å². The van der Waals surface area contributed by atoms with Crippen LogP contribution in [-0.2, 0) is 4.79 Å². The van der Waals surface area contributed by atoms with Crippen molar-refractivity contribution in [3.8, 4) is 6.07 Å². The molecule has 1 saturated carbocycles. The third kappa shape index (κ3) is 0.774. The van der Waals surface area contributed by atoms with Crippen molar-refractivity contribution >= 4 is 5.78 Å². The van der Waals surface area contributed by atoms with Gasteiger partial charge in [-0.25, -0.2) is 0 Å². The molecule has 1 aliphatic carbocycles. The molecule has 2 heteroatoms. The largest absolute Gasteiger partial charge is 0.299 e. The average molecular weight is 95.1 g/mol. The third-order valence-corrected chi connectivity index (χ3v) is 1.08. The molecule has 0 N–H and O–H groups in total. The Hall–Kier alpha value is -0.840. The van der Waals surface area contributed by atoms with Crippen LogP contribution < -0.4 is 0 Å². The number of Topliss-reactive ketones (excluding diaryl/α,β-unsaturated/α-hetero) is 1. The highest BCUT2D eigenvalue weighted by Gasteiger charge is 2.33. The smallest absolute Gasteiger partial charge is 0.138 e. The van der Waals surface area contributed by atoms with E-state index in [1.807, 2.05) is 6.07 Å². The fraction of sp³-hybridized carbons (Fsp3) is 0.600. The predicted molar refractivity (Wildman–Crippen MR) is 23.3 cm³/mol. The fourth-order valence-electron chi connectivity index (χ4n) is 0.480. The maximum absolute atomic E-state index is 10.1. The molecule has 0 spiro atoms. The van der Waals surface area contributed by atoms with E-state index in [1.54, 1.807) is 0 Å². The number of hydrogen-bond donors (Lipinski definition) is 0. The minimum atomic E-state index is 0.116. The van der Waals surface area contributed by atoms with Crippen molar-refractivity contribution in [3.05, 3.63) is 0 Å². The number of nitrogens with zero attached hydrogens (tertiary/aromatic N) is 1. The van der Waals surface area contributed by atoms with Crippen LogP contribution in [0.1, 0.15) is 12.8 Å². The van der Waals surface area contributed by atoms with Gasteiger partial charge in [-0.2, -0.15) is 5.26 Å². The Labute approximate surface area is 41.7 Å². The van der Waals surface area contributed by atoms with Crippen LogP contribution in [0.3, 0.4) is 0 Å². The summed E-state index contributed by atoms with van der Waals surface area (Å²) in [5, 5.41) is 7.99. The first-order chi connectivity index (χ1) is 3.34. The Morgan fingerprint density at radius 1 is 2.00 bits per heavy atom. The van der Waals surface area contributed by atoms with E-state index in [0.29, 0.717) is 12.8 Å². The second-order valence-corrected chi connectivity index (χ2v) is 1.73. The number of nitriles is 1. The van der Waals surface area contributed by atoms with E-state index in [1.165, 1.54) is 0 Å². The monoisotopic (exact) mass is 95.0 g/mol. The maximum atomic E-state index is 10.1. The lowest BCUT2D eigenvalue weighted by Gasteiger charge is -1.68. The molecule has 0 aliphatic heterocycles. The van der Waals surface area contributed by atoms with Crippen LogP contribution >= 0.6 is 0 Å². The quantitative estimate of drug-likeness (QED) is 0.475. The highest BCUT2D eigenvalue weighted by Crippen LogP contribution is 2.26. The van der Waals surface area contributed by atoms with Gasteiger partial charge in [0.05, 0.1) is 6.07 Å². The summed E-state index contributed by atoms with van der Waals surface area (Å²) in [6.07, 6.45) is 1.08. The molecule has 2 nitrogen and oxygen atoms in total. The van der Waals surface area contributed by atoms with E-state index in [-0.39, 0.29) is 11.7 Å². The molecular formula is C5H5NO. The molecule has 1 rings (SSSR count). The molecule has 0 aromatic rings. The van der Waals surface area contributed by atoms with E-state index in [9.17, 15) is 4.79 Å². The van der Waals surface area contributed by atoms with Crippen molar-refractivity contribution in [1.82, 2.24) is 0 Å². The van der Waals surface area contributed by atoms with Crippen LogP contribution in [-0.4, -0.2) is 5.78 Å². The Balaban J connectivity index is 2.24. The van der Waals surface area contributed by atoms with E-state index in [2.05, 4.69) is 0 Å². The second-order valence-electron chi connectivity index (χ2n) is 1.73. The van der Waals surface area contributed by atoms with Gasteiger partial charge in [-0.15, -0.1) is 0 Å². The predicted octanol–water partition coefficient (Wildman–Crippen LogP) is 0.489. The standard InChI is InChI=1S/C5H5NO/c6-2-1-4-3-5(4)7/h4H,1,3H2. The van der Waals surface area contributed by atoms with Gasteiger partial charge >= 0.3 is 0 Å². The van der Waals surface area contributed by atoms with Crippen molar-refractivity contribution in [2.45, 2.75) is 12.8 Å². The Morgan fingerprint density at radius 3 is 2.71 bits per heavy atom. The van der Waals surface area contributed by atoms with Crippen molar-refractivity contribution in [2.24, 2.45) is 5.92 Å². The molecule has 7 heavy (non-hydrogen) atoms. The number of rotatable bonds is 1. The maximum Gasteiger partial charge on any atom is 0.138 e. The van der Waals surface area contributed by atoms with Gasteiger partial charge in [0.15, 0.2) is 0 Å². The lowest BCUT2D eigenvalue weighted by Crippen LogP contribution is -1.72. The molecule has 0 aromatic carbocycles. The van der Waals surface area contributed by atoms with Crippen molar-refractivity contribution in [2.75, 3.05) is 0 Å². The first-order valence-corrected chi connectivity index (χ1v) is 2.24. The van der Waals surface area contributed by atoms with Gasteiger partial charge in [0.1, 0.15) is 5.78 Å². The molecule has 0 amide bonds. The third-order valence-electron chi connectivity index (χ3n) is 1.08. The van der Waals surface area contributed by atoms with Crippen LogP contribution in [0.4, 0.5) is 0 Å². The van der Waals surface area contributed by atoms with E-state index < -0.39 is 0 Å². The first-order valence-electron chi connectivity index (χ1n) is 2.24. The molecular weight excluding hydrogens is 90.1 g/mol. The lowest BCUT2D eigenvalue weighted by molar-refractivity contribution is -0.111. The zero-order valence-corrected chi connectivity index (χ0v) is 3.85. The summed E-state index contributed by atoms with van der Waals surface area (Å²) in [5.74, 6) is 0.367. The highest BCUT2D eigenvalue weighted by molar-refractivity contribution is 5.96. The van der Waals surface area contributed by atoms with Crippen LogP contribution in [0, 0.1) is 17.2 Å². The van der Waals surface area contributed by atoms with Gasteiger partial charge < -0.3 is 0 Å². The summed E-state index contributed by atoms with van der Waals surface area (Å²) in [6, 6.07) is 1.94. The van der Waals surface area contributed by atoms with Crippen LogP contribution in [0.25, 0.3) is 0 Å². The molecule has 0 radical (unpaired) electrons. The number of ketones is 1. The summed E-state index contributed by atoms with van der Waals surface area (Å²) in [4.78, 5) is 10.1. The molecule has 1 unspecified atom stereocenters. The van der Waals surface area contributed by atoms with Crippen molar-refractivity contribution in [3.63, 3.8) is 0 Å². The summed E-state index contributed by atoms with van der Waals surface area (Å²) in [6.45, 7) is 0. The van der Waals surface area contributed by atoms with Gasteiger partial charge in [0.25, 0.3) is 0 Å². The SMILES string of the molecule is N#CCC1CC1=O. The van der Waals surface area contributed by atoms with Crippen LogP contribution in [0.2, 0.25) is 0 Å². The molecule has 0 heterocycles. The molecule has 1 aliphatic rings. The van der Waals surface area contributed by atoms with Gasteiger partial charge in [-0.3, -0.25) is 4.79 Å². The molecule has 1 atom stereocenters. The normalized spacial score (nSPS) is 26.7. The van der Waals surface area contributed by atoms with E-state index in [4.69, 9.17) is 5.26 Å². The summed E-state index contributed by atoms with van der Waals surface area (Å²) >= 11 is 0. The zero-order valence-electron chi connectivity index (χ0n) is 3.85. The number of hydrogen-bond acceptors (Lipinski definition) is 2. The lowest BCUT2D eigenvalue weighted by atomic mass is 10.3. The number of carbonyl (C=O) groups excluding carboxylic acids is 1. The van der Waals surface area contributed by atoms with Gasteiger partial charge in [-0.05, 0) is 0 Å². The summed E-state index contributed by atoms with van der Waals surface area (Å²) in [5.41, 5.74) is 0.